The molecule has 38 heavy (non-hydrogen) atoms. The highest BCUT2D eigenvalue weighted by Gasteiger charge is 2.23. The lowest BCUT2D eigenvalue weighted by molar-refractivity contribution is -0.152. The Hall–Kier alpha value is -3.54. The molecule has 214 valence electrons. The Balaban J connectivity index is 2.80. The van der Waals surface area contributed by atoms with Gasteiger partial charge in [-0.25, -0.2) is 14.4 Å². The Morgan fingerprint density at radius 1 is 0.763 bits per heavy atom. The number of hydrogen-bond donors (Lipinski definition) is 1. The quantitative estimate of drug-likeness (QED) is 0.209. The smallest absolute Gasteiger partial charge is 0.458 e. The summed E-state index contributed by atoms with van der Waals surface area (Å²) in [6.07, 6.45) is -3.22. The predicted molar refractivity (Wildman–Crippen MR) is 135 cm³/mol. The van der Waals surface area contributed by atoms with Crippen molar-refractivity contribution in [2.24, 2.45) is 5.73 Å². The normalized spacial score (nSPS) is 13.2. The first-order chi connectivity index (χ1) is 17.8. The molecule has 0 aromatic heterocycles. The van der Waals surface area contributed by atoms with Crippen molar-refractivity contribution in [1.29, 1.82) is 0 Å². The molecule has 0 saturated carbocycles. The second kappa shape index (κ2) is 16.3. The van der Waals surface area contributed by atoms with Gasteiger partial charge < -0.3 is 38.9 Å². The van der Waals surface area contributed by atoms with Gasteiger partial charge >= 0.3 is 24.4 Å². The molecule has 1 rings (SSSR count). The third kappa shape index (κ3) is 13.1. The standard InChI is InChI=1S/C26H39NO11/c1-8-9-17(6)36-24(29)32-14-18(7)35-23(28)20(27)12-19-10-11-21(37-25(30)33-15(2)3)22(13-19)38-26(31)34-16(4)5/h10-11,13,15-18,20H,8-9,12,14,27H2,1-7H3/t17?,18-,20-/m0/s1. The van der Waals surface area contributed by atoms with E-state index in [9.17, 15) is 19.2 Å². The number of carbonyl (C=O) groups excluding carboxylic acids is 4. The number of nitrogens with two attached hydrogens (primary N) is 1. The number of esters is 1. The molecule has 0 radical (unpaired) electrons. The van der Waals surface area contributed by atoms with Crippen LogP contribution in [-0.4, -0.2) is 61.5 Å². The highest BCUT2D eigenvalue weighted by molar-refractivity contribution is 5.76. The maximum Gasteiger partial charge on any atom is 0.514 e. The molecule has 0 spiro atoms. The molecule has 0 amide bonds. The van der Waals surface area contributed by atoms with E-state index in [0.29, 0.717) is 12.0 Å². The molecule has 12 heteroatoms. The molecule has 0 aliphatic rings. The summed E-state index contributed by atoms with van der Waals surface area (Å²) >= 11 is 0. The van der Waals surface area contributed by atoms with Crippen LogP contribution in [0.4, 0.5) is 14.4 Å². The molecule has 0 bridgehead atoms. The second-order valence-corrected chi connectivity index (χ2v) is 9.15. The molecule has 2 N–H and O–H groups in total. The van der Waals surface area contributed by atoms with Gasteiger partial charge in [0.1, 0.15) is 24.9 Å². The largest absolute Gasteiger partial charge is 0.514 e. The van der Waals surface area contributed by atoms with Crippen LogP contribution >= 0.6 is 0 Å². The van der Waals surface area contributed by atoms with Crippen LogP contribution in [0.15, 0.2) is 18.2 Å². The first kappa shape index (κ1) is 32.5. The van der Waals surface area contributed by atoms with E-state index in [1.54, 1.807) is 41.5 Å². The van der Waals surface area contributed by atoms with E-state index in [1.807, 2.05) is 6.92 Å². The van der Waals surface area contributed by atoms with Crippen molar-refractivity contribution in [3.63, 3.8) is 0 Å². The summed E-state index contributed by atoms with van der Waals surface area (Å²) in [5.74, 6) is -0.967. The first-order valence-corrected chi connectivity index (χ1v) is 12.5. The van der Waals surface area contributed by atoms with Crippen LogP contribution in [0, 0.1) is 0 Å². The fraction of sp³-hybridized carbons (Fsp3) is 0.615. The molecule has 3 atom stereocenters. The summed E-state index contributed by atoms with van der Waals surface area (Å²) in [6.45, 7) is 11.6. The summed E-state index contributed by atoms with van der Waals surface area (Å²) < 4.78 is 35.6. The lowest BCUT2D eigenvalue weighted by atomic mass is 10.1. The Labute approximate surface area is 223 Å². The zero-order valence-electron chi connectivity index (χ0n) is 23.0. The maximum absolute atomic E-state index is 12.5. The lowest BCUT2D eigenvalue weighted by Crippen LogP contribution is -2.37. The van der Waals surface area contributed by atoms with Crippen LogP contribution in [-0.2, 0) is 34.9 Å². The molecule has 0 aliphatic carbocycles. The maximum atomic E-state index is 12.5. The molecular weight excluding hydrogens is 502 g/mol. The number of benzene rings is 1. The van der Waals surface area contributed by atoms with Crippen molar-refractivity contribution < 1.29 is 52.3 Å². The van der Waals surface area contributed by atoms with Gasteiger partial charge in [-0.15, -0.1) is 0 Å². The molecule has 1 aromatic carbocycles. The van der Waals surface area contributed by atoms with Crippen LogP contribution in [0.25, 0.3) is 0 Å². The second-order valence-electron chi connectivity index (χ2n) is 9.15. The van der Waals surface area contributed by atoms with E-state index < -0.39 is 48.8 Å². The minimum Gasteiger partial charge on any atom is -0.458 e. The lowest BCUT2D eigenvalue weighted by Gasteiger charge is -2.18. The molecule has 0 saturated heterocycles. The summed E-state index contributed by atoms with van der Waals surface area (Å²) in [7, 11) is 0. The molecule has 0 fully saturated rings. The molecule has 1 aromatic rings. The van der Waals surface area contributed by atoms with Crippen molar-refractivity contribution >= 4 is 24.4 Å². The van der Waals surface area contributed by atoms with Crippen molar-refractivity contribution in [3.05, 3.63) is 23.8 Å². The summed E-state index contributed by atoms with van der Waals surface area (Å²) in [5, 5.41) is 0. The fourth-order valence-corrected chi connectivity index (χ4v) is 2.96. The van der Waals surface area contributed by atoms with E-state index >= 15 is 0 Å². The van der Waals surface area contributed by atoms with Crippen LogP contribution in [0.5, 0.6) is 11.5 Å². The van der Waals surface area contributed by atoms with Crippen molar-refractivity contribution in [3.8, 4) is 11.5 Å². The molecule has 0 heterocycles. The van der Waals surface area contributed by atoms with Gasteiger partial charge in [0.25, 0.3) is 0 Å². The van der Waals surface area contributed by atoms with Crippen LogP contribution < -0.4 is 15.2 Å². The zero-order valence-corrected chi connectivity index (χ0v) is 23.0. The van der Waals surface area contributed by atoms with Gasteiger partial charge in [-0.1, -0.05) is 19.4 Å². The van der Waals surface area contributed by atoms with Crippen molar-refractivity contribution in [2.75, 3.05) is 6.61 Å². The number of carbonyl (C=O) groups is 4. The third-order valence-corrected chi connectivity index (χ3v) is 4.56. The van der Waals surface area contributed by atoms with Crippen LogP contribution in [0.3, 0.4) is 0 Å². The Bertz CT molecular complexity index is 932. The van der Waals surface area contributed by atoms with E-state index in [-0.39, 0.29) is 30.6 Å². The number of rotatable bonds is 13. The monoisotopic (exact) mass is 541 g/mol. The first-order valence-electron chi connectivity index (χ1n) is 12.5. The summed E-state index contributed by atoms with van der Waals surface area (Å²) in [4.78, 5) is 48.1. The van der Waals surface area contributed by atoms with Gasteiger partial charge in [-0.3, -0.25) is 4.79 Å². The average molecular weight is 542 g/mol. The fourth-order valence-electron chi connectivity index (χ4n) is 2.96. The van der Waals surface area contributed by atoms with E-state index in [0.717, 1.165) is 6.42 Å². The molecular formula is C26H39NO11. The van der Waals surface area contributed by atoms with E-state index in [4.69, 9.17) is 38.9 Å². The highest BCUT2D eigenvalue weighted by Crippen LogP contribution is 2.30. The van der Waals surface area contributed by atoms with Gasteiger partial charge in [0.05, 0.1) is 12.2 Å². The van der Waals surface area contributed by atoms with E-state index in [1.165, 1.54) is 18.2 Å². The summed E-state index contributed by atoms with van der Waals surface area (Å²) in [6, 6.07) is 3.19. The predicted octanol–water partition coefficient (Wildman–Crippen LogP) is 4.68. The van der Waals surface area contributed by atoms with Gasteiger partial charge in [-0.2, -0.15) is 0 Å². The molecule has 1 unspecified atom stereocenters. The van der Waals surface area contributed by atoms with Gasteiger partial charge in [0.15, 0.2) is 11.5 Å². The van der Waals surface area contributed by atoms with Crippen molar-refractivity contribution in [1.82, 2.24) is 0 Å². The number of hydrogen-bond acceptors (Lipinski definition) is 12. The molecule has 12 nitrogen and oxygen atoms in total. The van der Waals surface area contributed by atoms with Crippen molar-refractivity contribution in [2.45, 2.75) is 98.2 Å². The Morgan fingerprint density at radius 3 is 1.89 bits per heavy atom. The van der Waals surface area contributed by atoms with Crippen LogP contribution in [0.1, 0.15) is 66.9 Å². The SMILES string of the molecule is CCCC(C)OC(=O)OC[C@H](C)OC(=O)[C@@H](N)Cc1ccc(OC(=O)OC(C)C)c(OC(=O)OC(C)C)c1. The Kier molecular flexibility index (Phi) is 14.0. The zero-order chi connectivity index (χ0) is 28.8. The number of ether oxygens (including phenoxy) is 7. The molecule has 0 aliphatic heterocycles. The highest BCUT2D eigenvalue weighted by atomic mass is 16.8. The third-order valence-electron chi connectivity index (χ3n) is 4.56. The minimum absolute atomic E-state index is 0.00467. The van der Waals surface area contributed by atoms with Gasteiger partial charge in [-0.05, 0) is 72.1 Å². The van der Waals surface area contributed by atoms with Gasteiger partial charge in [0.2, 0.25) is 0 Å². The summed E-state index contributed by atoms with van der Waals surface area (Å²) in [5.41, 5.74) is 6.47. The van der Waals surface area contributed by atoms with Crippen LogP contribution in [0.2, 0.25) is 0 Å². The average Bonchev–Trinajstić information content (AvgIpc) is 2.78. The van der Waals surface area contributed by atoms with E-state index in [2.05, 4.69) is 0 Å². The minimum atomic E-state index is -1.10. The Morgan fingerprint density at radius 2 is 1.34 bits per heavy atom. The topological polar surface area (TPSA) is 159 Å². The van der Waals surface area contributed by atoms with Gasteiger partial charge in [0, 0.05) is 0 Å².